The van der Waals surface area contributed by atoms with Crippen molar-refractivity contribution in [3.63, 3.8) is 0 Å². The van der Waals surface area contributed by atoms with Crippen molar-refractivity contribution in [3.05, 3.63) is 28.5 Å². The van der Waals surface area contributed by atoms with E-state index >= 15 is 0 Å². The predicted octanol–water partition coefficient (Wildman–Crippen LogP) is 1.02. The van der Waals surface area contributed by atoms with Crippen LogP contribution < -0.4 is 4.72 Å². The molecule has 0 saturated carbocycles. The van der Waals surface area contributed by atoms with Crippen LogP contribution in [0.1, 0.15) is 6.42 Å². The number of benzene rings is 1. The van der Waals surface area contributed by atoms with Crippen molar-refractivity contribution >= 4 is 26.0 Å². The Morgan fingerprint density at radius 1 is 1.53 bits per heavy atom. The fraction of sp³-hybridized carbons (Fsp3) is 0.455. The Bertz CT molecular complexity index is 572. The number of sulfonamides is 1. The van der Waals surface area contributed by atoms with Gasteiger partial charge in [-0.2, -0.15) is 0 Å². The molecule has 19 heavy (non-hydrogen) atoms. The summed E-state index contributed by atoms with van der Waals surface area (Å²) in [6, 6.07) is 3.67. The fourth-order valence-corrected chi connectivity index (χ4v) is 3.25. The molecule has 1 saturated heterocycles. The van der Waals surface area contributed by atoms with Gasteiger partial charge in [0, 0.05) is 24.0 Å². The second kappa shape index (κ2) is 5.45. The zero-order valence-corrected chi connectivity index (χ0v) is 12.3. The number of ether oxygens (including phenoxy) is 1. The van der Waals surface area contributed by atoms with Gasteiger partial charge in [0.25, 0.3) is 0 Å². The lowest BCUT2D eigenvalue weighted by molar-refractivity contribution is 0.0314. The van der Waals surface area contributed by atoms with Gasteiger partial charge in [0.1, 0.15) is 16.3 Å². The zero-order valence-electron chi connectivity index (χ0n) is 9.90. The van der Waals surface area contributed by atoms with Gasteiger partial charge in [-0.1, -0.05) is 15.9 Å². The Morgan fingerprint density at radius 3 is 2.84 bits per heavy atom. The van der Waals surface area contributed by atoms with E-state index in [0.717, 1.165) is 12.1 Å². The van der Waals surface area contributed by atoms with Gasteiger partial charge in [0.15, 0.2) is 0 Å². The summed E-state index contributed by atoms with van der Waals surface area (Å²) in [6.07, 6.45) is 0.346. The number of hydrogen-bond acceptors (Lipinski definition) is 4. The zero-order chi connectivity index (χ0) is 14.1. The van der Waals surface area contributed by atoms with Crippen molar-refractivity contribution in [2.75, 3.05) is 19.8 Å². The summed E-state index contributed by atoms with van der Waals surface area (Å²) >= 11 is 3.05. The van der Waals surface area contributed by atoms with Crippen LogP contribution in [0.5, 0.6) is 0 Å². The molecule has 0 bridgehead atoms. The maximum atomic E-state index is 13.6. The number of rotatable bonds is 4. The molecule has 0 spiro atoms. The molecule has 1 aliphatic heterocycles. The van der Waals surface area contributed by atoms with Crippen molar-refractivity contribution in [1.82, 2.24) is 4.72 Å². The van der Waals surface area contributed by atoms with Crippen LogP contribution in [0.2, 0.25) is 0 Å². The Balaban J connectivity index is 2.14. The molecule has 0 radical (unpaired) electrons. The normalized spacial score (nSPS) is 23.7. The first-order chi connectivity index (χ1) is 8.82. The monoisotopic (exact) mass is 353 g/mol. The van der Waals surface area contributed by atoms with Gasteiger partial charge in [0.05, 0.1) is 6.61 Å². The van der Waals surface area contributed by atoms with Crippen LogP contribution >= 0.6 is 15.9 Å². The molecule has 5 nitrogen and oxygen atoms in total. The summed E-state index contributed by atoms with van der Waals surface area (Å²) in [6.45, 7) is 0.244. The molecular formula is C11H13BrFNO4S. The Labute approximate surface area is 119 Å². The van der Waals surface area contributed by atoms with E-state index in [2.05, 4.69) is 20.7 Å². The molecule has 0 amide bonds. The van der Waals surface area contributed by atoms with Crippen LogP contribution in [-0.4, -0.2) is 38.9 Å². The smallest absolute Gasteiger partial charge is 0.243 e. The van der Waals surface area contributed by atoms with Crippen molar-refractivity contribution in [2.24, 2.45) is 0 Å². The van der Waals surface area contributed by atoms with E-state index in [4.69, 9.17) is 4.74 Å². The molecule has 1 fully saturated rings. The molecule has 1 unspecified atom stereocenters. The highest BCUT2D eigenvalue weighted by molar-refractivity contribution is 9.10. The van der Waals surface area contributed by atoms with E-state index in [1.807, 2.05) is 0 Å². The van der Waals surface area contributed by atoms with Crippen LogP contribution in [0.15, 0.2) is 27.6 Å². The minimum atomic E-state index is -3.99. The van der Waals surface area contributed by atoms with E-state index in [9.17, 15) is 17.9 Å². The van der Waals surface area contributed by atoms with E-state index in [1.165, 1.54) is 6.07 Å². The first kappa shape index (κ1) is 14.9. The summed E-state index contributed by atoms with van der Waals surface area (Å²) in [5, 5.41) is 9.96. The van der Waals surface area contributed by atoms with Crippen LogP contribution in [0, 0.1) is 5.82 Å². The highest BCUT2D eigenvalue weighted by Crippen LogP contribution is 2.21. The highest BCUT2D eigenvalue weighted by Gasteiger charge is 2.34. The lowest BCUT2D eigenvalue weighted by Gasteiger charge is -2.20. The highest BCUT2D eigenvalue weighted by atomic mass is 79.9. The average molecular weight is 354 g/mol. The Kier molecular flexibility index (Phi) is 4.26. The van der Waals surface area contributed by atoms with E-state index in [1.54, 1.807) is 0 Å². The van der Waals surface area contributed by atoms with Gasteiger partial charge in [0.2, 0.25) is 10.0 Å². The summed E-state index contributed by atoms with van der Waals surface area (Å²) in [4.78, 5) is -0.446. The number of nitrogens with one attached hydrogen (secondary N) is 1. The van der Waals surface area contributed by atoms with E-state index in [-0.39, 0.29) is 13.2 Å². The topological polar surface area (TPSA) is 75.6 Å². The van der Waals surface area contributed by atoms with Gasteiger partial charge >= 0.3 is 0 Å². The van der Waals surface area contributed by atoms with Crippen LogP contribution in [0.3, 0.4) is 0 Å². The van der Waals surface area contributed by atoms with E-state index in [0.29, 0.717) is 17.5 Å². The molecule has 1 aromatic carbocycles. The molecule has 0 aromatic heterocycles. The summed E-state index contributed by atoms with van der Waals surface area (Å²) in [5.41, 5.74) is -1.22. The Morgan fingerprint density at radius 2 is 2.26 bits per heavy atom. The van der Waals surface area contributed by atoms with Crippen molar-refractivity contribution in [3.8, 4) is 0 Å². The van der Waals surface area contributed by atoms with Crippen molar-refractivity contribution < 1.29 is 22.7 Å². The van der Waals surface area contributed by atoms with Gasteiger partial charge in [-0.15, -0.1) is 0 Å². The molecule has 1 aliphatic rings. The lowest BCUT2D eigenvalue weighted by Crippen LogP contribution is -2.43. The van der Waals surface area contributed by atoms with Gasteiger partial charge in [-0.25, -0.2) is 17.5 Å². The molecule has 1 heterocycles. The molecule has 1 atom stereocenters. The molecule has 1 aromatic rings. The fourth-order valence-electron chi connectivity index (χ4n) is 1.74. The maximum Gasteiger partial charge on any atom is 0.243 e. The SMILES string of the molecule is O=S(=O)(NCC1(O)CCOC1)c1ccc(Br)cc1F. The number of hydrogen-bond donors (Lipinski definition) is 2. The molecule has 8 heteroatoms. The Hall–Kier alpha value is -0.540. The minimum Gasteiger partial charge on any atom is -0.386 e. The molecule has 2 rings (SSSR count). The molecule has 0 aliphatic carbocycles. The quantitative estimate of drug-likeness (QED) is 0.847. The standard InChI is InChI=1S/C11H13BrFNO4S/c12-8-1-2-10(9(13)5-8)19(16,17)14-6-11(15)3-4-18-7-11/h1-2,5,14-15H,3-4,6-7H2. The van der Waals surface area contributed by atoms with Crippen LogP contribution in [0.4, 0.5) is 4.39 Å². The van der Waals surface area contributed by atoms with Crippen molar-refractivity contribution in [2.45, 2.75) is 16.9 Å². The molecule has 2 N–H and O–H groups in total. The third-order valence-electron chi connectivity index (χ3n) is 2.86. The van der Waals surface area contributed by atoms with Crippen LogP contribution in [-0.2, 0) is 14.8 Å². The van der Waals surface area contributed by atoms with Gasteiger partial charge < -0.3 is 9.84 Å². The summed E-state index contributed by atoms with van der Waals surface area (Å²) < 4.78 is 45.2. The third-order valence-corrected chi connectivity index (χ3v) is 4.78. The second-order valence-electron chi connectivity index (χ2n) is 4.43. The second-order valence-corrected chi connectivity index (χ2v) is 7.08. The first-order valence-electron chi connectivity index (χ1n) is 5.57. The largest absolute Gasteiger partial charge is 0.386 e. The van der Waals surface area contributed by atoms with Gasteiger partial charge in [-0.3, -0.25) is 0 Å². The maximum absolute atomic E-state index is 13.6. The number of aliphatic hydroxyl groups is 1. The number of halogens is 2. The molecular weight excluding hydrogens is 341 g/mol. The van der Waals surface area contributed by atoms with E-state index < -0.39 is 26.3 Å². The minimum absolute atomic E-state index is 0.0678. The molecule has 106 valence electrons. The first-order valence-corrected chi connectivity index (χ1v) is 7.85. The lowest BCUT2D eigenvalue weighted by atomic mass is 10.1. The van der Waals surface area contributed by atoms with Crippen molar-refractivity contribution in [1.29, 1.82) is 0 Å². The summed E-state index contributed by atoms with van der Waals surface area (Å²) in [7, 11) is -3.99. The average Bonchev–Trinajstić information content (AvgIpc) is 2.74. The predicted molar refractivity (Wildman–Crippen MR) is 69.7 cm³/mol. The van der Waals surface area contributed by atoms with Gasteiger partial charge in [-0.05, 0) is 18.2 Å². The summed E-state index contributed by atoms with van der Waals surface area (Å²) in [5.74, 6) is -0.850. The third kappa shape index (κ3) is 3.51. The van der Waals surface area contributed by atoms with Crippen LogP contribution in [0.25, 0.3) is 0 Å².